The number of urea groups is 1. The molecule has 1 aliphatic heterocycles. The number of ether oxygens (including phenoxy) is 1. The zero-order valence-corrected chi connectivity index (χ0v) is 20.6. The summed E-state index contributed by atoms with van der Waals surface area (Å²) in [4.78, 5) is 14.8. The molecule has 0 saturated carbocycles. The molecule has 0 aromatic heterocycles. The molecule has 1 aliphatic carbocycles. The molecule has 0 fully saturated rings. The molecule has 180 valence electrons. The number of hydrogen-bond acceptors (Lipinski definition) is 5. The van der Waals surface area contributed by atoms with Gasteiger partial charge in [0, 0.05) is 24.8 Å². The van der Waals surface area contributed by atoms with Crippen LogP contribution in [0.5, 0.6) is 5.75 Å². The minimum atomic E-state index is -3.65. The molecule has 1 heterocycles. The minimum Gasteiger partial charge on any atom is -0.495 e. The molecule has 8 heteroatoms. The highest BCUT2D eigenvalue weighted by atomic mass is 32.2. The van der Waals surface area contributed by atoms with Crippen molar-refractivity contribution in [1.29, 1.82) is 0 Å². The van der Waals surface area contributed by atoms with Crippen molar-refractivity contribution in [2.24, 2.45) is 0 Å². The third-order valence-electron chi connectivity index (χ3n) is 6.14. The van der Waals surface area contributed by atoms with Crippen molar-refractivity contribution < 1.29 is 17.9 Å². The first-order valence-corrected chi connectivity index (χ1v) is 13.0. The summed E-state index contributed by atoms with van der Waals surface area (Å²) < 4.78 is 31.8. The van der Waals surface area contributed by atoms with Gasteiger partial charge in [-0.05, 0) is 61.2 Å². The van der Waals surface area contributed by atoms with Crippen molar-refractivity contribution in [3.8, 4) is 5.75 Å². The fraction of sp³-hybridized carbons (Fsp3) is 0.346. The maximum Gasteiger partial charge on any atom is 0.319 e. The molecule has 4 rings (SSSR count). The van der Waals surface area contributed by atoms with Crippen LogP contribution in [0.2, 0.25) is 0 Å². The van der Waals surface area contributed by atoms with Gasteiger partial charge >= 0.3 is 6.03 Å². The molecule has 7 nitrogen and oxygen atoms in total. The third kappa shape index (κ3) is 5.51. The zero-order chi connectivity index (χ0) is 24.3. The Kier molecular flexibility index (Phi) is 7.09. The second-order valence-corrected chi connectivity index (χ2v) is 10.9. The highest BCUT2D eigenvalue weighted by Gasteiger charge is 2.23. The monoisotopic (exact) mass is 481 g/mol. The topological polar surface area (TPSA) is 87.7 Å². The number of fused-ring (bicyclic) bond motifs is 1. The average Bonchev–Trinajstić information content (AvgIpc) is 3.18. The van der Waals surface area contributed by atoms with E-state index in [0.29, 0.717) is 5.69 Å². The summed E-state index contributed by atoms with van der Waals surface area (Å²) in [6.07, 6.45) is 8.22. The van der Waals surface area contributed by atoms with Crippen molar-refractivity contribution in [3.63, 3.8) is 0 Å². The molecule has 0 saturated heterocycles. The summed E-state index contributed by atoms with van der Waals surface area (Å²) in [5.41, 5.74) is 4.67. The van der Waals surface area contributed by atoms with Crippen molar-refractivity contribution in [2.75, 3.05) is 19.5 Å². The number of allylic oxidation sites excluding steroid dienone is 2. The van der Waals surface area contributed by atoms with Crippen molar-refractivity contribution in [2.45, 2.75) is 49.5 Å². The Morgan fingerprint density at radius 1 is 1.12 bits per heavy atom. The second-order valence-electron chi connectivity index (χ2n) is 8.90. The van der Waals surface area contributed by atoms with Crippen LogP contribution < -0.4 is 15.4 Å². The number of amides is 2. The van der Waals surface area contributed by atoms with Crippen LogP contribution in [0.25, 0.3) is 0 Å². The molecule has 2 amide bonds. The Balaban J connectivity index is 1.46. The van der Waals surface area contributed by atoms with E-state index in [1.54, 1.807) is 6.07 Å². The molecule has 2 aromatic carbocycles. The molecule has 1 unspecified atom stereocenters. The van der Waals surface area contributed by atoms with Crippen LogP contribution in [-0.4, -0.2) is 39.5 Å². The Labute approximate surface area is 201 Å². The number of sulfone groups is 1. The van der Waals surface area contributed by atoms with Gasteiger partial charge in [-0.1, -0.05) is 36.4 Å². The number of carbonyl (C=O) groups excluding carboxylic acids is 1. The average molecular weight is 482 g/mol. The summed E-state index contributed by atoms with van der Waals surface area (Å²) in [6.45, 7) is 3.63. The summed E-state index contributed by atoms with van der Waals surface area (Å²) in [6, 6.07) is 9.96. The molecule has 0 radical (unpaired) electrons. The SMILES string of the molecule is COc1cc(NC(=O)NC(C)C2=CCCC=C2)ccc1S(=O)(=O)Cc1ccc2c(c1)CN(C)C2. The lowest BCUT2D eigenvalue weighted by atomic mass is 10.0. The number of hydrogen-bond donors (Lipinski definition) is 2. The standard InChI is InChI=1S/C26H31N3O4S/c1-18(20-7-5-4-6-8-20)27-26(30)28-23-11-12-25(24(14-23)33-3)34(31,32)17-19-9-10-21-15-29(2)16-22(21)13-19/h5,7-14,18H,4,6,15-17H2,1-3H3,(H2,27,28,30). The molecule has 34 heavy (non-hydrogen) atoms. The van der Waals surface area contributed by atoms with Gasteiger partial charge in [0.2, 0.25) is 0 Å². The minimum absolute atomic E-state index is 0.101. The number of rotatable bonds is 7. The smallest absolute Gasteiger partial charge is 0.319 e. The highest BCUT2D eigenvalue weighted by molar-refractivity contribution is 7.90. The first kappa shape index (κ1) is 24.0. The number of carbonyl (C=O) groups is 1. The fourth-order valence-electron chi connectivity index (χ4n) is 4.41. The maximum absolute atomic E-state index is 13.2. The van der Waals surface area contributed by atoms with E-state index in [9.17, 15) is 13.2 Å². The van der Waals surface area contributed by atoms with Gasteiger partial charge in [-0.25, -0.2) is 13.2 Å². The lowest BCUT2D eigenvalue weighted by Crippen LogP contribution is -2.37. The zero-order valence-electron chi connectivity index (χ0n) is 19.8. The third-order valence-corrected chi connectivity index (χ3v) is 7.86. The van der Waals surface area contributed by atoms with Crippen LogP contribution in [0, 0.1) is 0 Å². The van der Waals surface area contributed by atoms with Gasteiger partial charge in [-0.3, -0.25) is 4.90 Å². The predicted octanol–water partition coefficient (Wildman–Crippen LogP) is 4.40. The Bertz CT molecular complexity index is 1250. The predicted molar refractivity (Wildman–Crippen MR) is 134 cm³/mol. The second kappa shape index (κ2) is 10.0. The van der Waals surface area contributed by atoms with Crippen LogP contribution in [0.3, 0.4) is 0 Å². The van der Waals surface area contributed by atoms with Gasteiger partial charge in [0.15, 0.2) is 9.84 Å². The summed E-state index contributed by atoms with van der Waals surface area (Å²) in [5, 5.41) is 5.67. The van der Waals surface area contributed by atoms with Crippen molar-refractivity contribution in [1.82, 2.24) is 10.2 Å². The van der Waals surface area contributed by atoms with Crippen LogP contribution in [0.4, 0.5) is 10.5 Å². The number of anilines is 1. The number of nitrogens with one attached hydrogen (secondary N) is 2. The van der Waals surface area contributed by atoms with Crippen molar-refractivity contribution >= 4 is 21.6 Å². The van der Waals surface area contributed by atoms with E-state index in [-0.39, 0.29) is 28.5 Å². The normalized spacial score (nSPS) is 16.5. The first-order valence-electron chi connectivity index (χ1n) is 11.4. The number of benzene rings is 2. The van der Waals surface area contributed by atoms with Crippen LogP contribution >= 0.6 is 0 Å². The van der Waals surface area contributed by atoms with Crippen molar-refractivity contribution in [3.05, 3.63) is 76.9 Å². The van der Waals surface area contributed by atoms with E-state index >= 15 is 0 Å². The van der Waals surface area contributed by atoms with E-state index < -0.39 is 9.84 Å². The molecular formula is C26H31N3O4S. The molecule has 2 aromatic rings. The van der Waals surface area contributed by atoms with Gasteiger partial charge in [0.1, 0.15) is 10.6 Å². The Morgan fingerprint density at radius 2 is 1.91 bits per heavy atom. The van der Waals surface area contributed by atoms with E-state index in [4.69, 9.17) is 4.74 Å². The van der Waals surface area contributed by atoms with E-state index in [0.717, 1.165) is 37.1 Å². The summed E-state index contributed by atoms with van der Waals surface area (Å²) in [5.74, 6) is 0.0815. The van der Waals surface area contributed by atoms with E-state index in [2.05, 4.69) is 27.7 Å². The fourth-order valence-corrected chi connectivity index (χ4v) is 5.91. The molecule has 0 spiro atoms. The molecular weight excluding hydrogens is 450 g/mol. The van der Waals surface area contributed by atoms with E-state index in [1.807, 2.05) is 38.2 Å². The van der Waals surface area contributed by atoms with E-state index in [1.165, 1.54) is 30.4 Å². The van der Waals surface area contributed by atoms with Crippen LogP contribution in [0.15, 0.2) is 65.1 Å². The largest absolute Gasteiger partial charge is 0.495 e. The van der Waals surface area contributed by atoms with Gasteiger partial charge in [0.05, 0.1) is 18.9 Å². The first-order chi connectivity index (χ1) is 16.2. The molecule has 2 N–H and O–H groups in total. The molecule has 1 atom stereocenters. The molecule has 0 bridgehead atoms. The lowest BCUT2D eigenvalue weighted by molar-refractivity contribution is 0.250. The maximum atomic E-state index is 13.2. The summed E-state index contributed by atoms with van der Waals surface area (Å²) in [7, 11) is -0.180. The summed E-state index contributed by atoms with van der Waals surface area (Å²) >= 11 is 0. The van der Waals surface area contributed by atoms with Crippen LogP contribution in [0.1, 0.15) is 36.5 Å². The Hall–Kier alpha value is -3.10. The number of nitrogens with zero attached hydrogens (tertiary/aromatic N) is 1. The quantitative estimate of drug-likeness (QED) is 0.612. The highest BCUT2D eigenvalue weighted by Crippen LogP contribution is 2.31. The van der Waals surface area contributed by atoms with Gasteiger partial charge in [-0.15, -0.1) is 0 Å². The lowest BCUT2D eigenvalue weighted by Gasteiger charge is -2.18. The Morgan fingerprint density at radius 3 is 2.65 bits per heavy atom. The van der Waals surface area contributed by atoms with Crippen LogP contribution in [-0.2, 0) is 28.7 Å². The molecule has 2 aliphatic rings. The number of methoxy groups -OCH3 is 1. The van der Waals surface area contributed by atoms with Gasteiger partial charge < -0.3 is 15.4 Å². The van der Waals surface area contributed by atoms with Gasteiger partial charge in [-0.2, -0.15) is 0 Å². The van der Waals surface area contributed by atoms with Gasteiger partial charge in [0.25, 0.3) is 0 Å².